The zero-order valence-corrected chi connectivity index (χ0v) is 16.5. The molecule has 1 saturated heterocycles. The SMILES string of the molecule is C#CC1(NC(=O)c2cc(CC(=O)Cc3cc(Cl)ccc3O)ccn2)CCOCC1. The molecule has 7 heteroatoms. The van der Waals surface area contributed by atoms with Crippen molar-refractivity contribution in [1.82, 2.24) is 10.3 Å². The number of carbonyl (C=O) groups excluding carboxylic acids is 2. The molecule has 1 amide bonds. The summed E-state index contributed by atoms with van der Waals surface area (Å²) in [5.74, 6) is 2.19. The molecule has 2 heterocycles. The molecule has 1 aromatic heterocycles. The Morgan fingerprint density at radius 1 is 1.24 bits per heavy atom. The highest BCUT2D eigenvalue weighted by Crippen LogP contribution is 2.23. The van der Waals surface area contributed by atoms with Gasteiger partial charge in [-0.1, -0.05) is 17.5 Å². The molecular weight excluding hydrogens is 392 g/mol. The fourth-order valence-electron chi connectivity index (χ4n) is 3.21. The lowest BCUT2D eigenvalue weighted by Gasteiger charge is -2.33. The number of ketones is 1. The topological polar surface area (TPSA) is 88.5 Å². The number of benzene rings is 1. The van der Waals surface area contributed by atoms with Gasteiger partial charge in [0.1, 0.15) is 22.8 Å². The summed E-state index contributed by atoms with van der Waals surface area (Å²) in [6.45, 7) is 0.978. The molecule has 1 aromatic carbocycles. The number of rotatable bonds is 6. The molecular formula is C22H21ClN2O4. The maximum Gasteiger partial charge on any atom is 0.271 e. The van der Waals surface area contributed by atoms with E-state index >= 15 is 0 Å². The highest BCUT2D eigenvalue weighted by atomic mass is 35.5. The summed E-state index contributed by atoms with van der Waals surface area (Å²) >= 11 is 5.92. The Hall–Kier alpha value is -2.88. The molecule has 0 saturated carbocycles. The third-order valence-electron chi connectivity index (χ3n) is 4.86. The van der Waals surface area contributed by atoms with Crippen molar-refractivity contribution in [3.63, 3.8) is 0 Å². The van der Waals surface area contributed by atoms with Gasteiger partial charge < -0.3 is 15.2 Å². The maximum atomic E-state index is 12.6. The molecule has 0 aliphatic carbocycles. The van der Waals surface area contributed by atoms with Gasteiger partial charge in [0.15, 0.2) is 0 Å². The van der Waals surface area contributed by atoms with Gasteiger partial charge in [-0.05, 0) is 35.9 Å². The lowest BCUT2D eigenvalue weighted by molar-refractivity contribution is -0.117. The van der Waals surface area contributed by atoms with Crippen LogP contribution in [0.5, 0.6) is 5.75 Å². The van der Waals surface area contributed by atoms with E-state index in [0.29, 0.717) is 42.2 Å². The number of carbonyl (C=O) groups is 2. The minimum atomic E-state index is -0.743. The standard InChI is InChI=1S/C22H21ClN2O4/c1-2-22(6-9-29-10-7-22)25-21(28)19-12-15(5-8-24-19)11-18(26)14-16-13-17(23)3-4-20(16)27/h1,3-5,8,12-13,27H,6-7,9-11,14H2,(H,25,28). The first-order chi connectivity index (χ1) is 13.9. The van der Waals surface area contributed by atoms with E-state index in [1.54, 1.807) is 24.3 Å². The van der Waals surface area contributed by atoms with Crippen molar-refractivity contribution >= 4 is 23.3 Å². The summed E-state index contributed by atoms with van der Waals surface area (Å²) in [5, 5.41) is 13.2. The van der Waals surface area contributed by atoms with Crippen LogP contribution in [0.3, 0.4) is 0 Å². The van der Waals surface area contributed by atoms with E-state index in [-0.39, 0.29) is 36.0 Å². The Labute approximate surface area is 174 Å². The van der Waals surface area contributed by atoms with Gasteiger partial charge >= 0.3 is 0 Å². The van der Waals surface area contributed by atoms with Crippen molar-refractivity contribution in [2.24, 2.45) is 0 Å². The minimum absolute atomic E-state index is 0.0218. The number of ether oxygens (including phenoxy) is 1. The number of nitrogens with one attached hydrogen (secondary N) is 1. The van der Waals surface area contributed by atoms with Crippen LogP contribution >= 0.6 is 11.6 Å². The number of amides is 1. The smallest absolute Gasteiger partial charge is 0.271 e. The molecule has 3 rings (SSSR count). The number of halogens is 1. The monoisotopic (exact) mass is 412 g/mol. The van der Waals surface area contributed by atoms with Crippen molar-refractivity contribution in [2.75, 3.05) is 13.2 Å². The first kappa shape index (κ1) is 20.8. The molecule has 6 nitrogen and oxygen atoms in total. The number of hydrogen-bond donors (Lipinski definition) is 2. The van der Waals surface area contributed by atoms with Gasteiger partial charge in [-0.15, -0.1) is 6.42 Å². The number of phenols is 1. The van der Waals surface area contributed by atoms with Crippen LogP contribution in [0.1, 0.15) is 34.5 Å². The van der Waals surface area contributed by atoms with Gasteiger partial charge in [-0.2, -0.15) is 0 Å². The van der Waals surface area contributed by atoms with E-state index in [1.165, 1.54) is 12.3 Å². The number of aromatic hydroxyl groups is 1. The van der Waals surface area contributed by atoms with E-state index in [2.05, 4.69) is 16.2 Å². The predicted octanol–water partition coefficient (Wildman–Crippen LogP) is 2.71. The molecule has 0 atom stereocenters. The lowest BCUT2D eigenvalue weighted by atomic mass is 9.91. The van der Waals surface area contributed by atoms with E-state index in [9.17, 15) is 14.7 Å². The van der Waals surface area contributed by atoms with Crippen LogP contribution in [-0.4, -0.2) is 40.5 Å². The van der Waals surface area contributed by atoms with Gasteiger partial charge in [0.2, 0.25) is 0 Å². The second kappa shape index (κ2) is 9.08. The van der Waals surface area contributed by atoms with Gasteiger partial charge in [-0.3, -0.25) is 14.6 Å². The lowest BCUT2D eigenvalue weighted by Crippen LogP contribution is -2.51. The van der Waals surface area contributed by atoms with E-state index in [1.807, 2.05) is 0 Å². The maximum absolute atomic E-state index is 12.6. The normalized spacial score (nSPS) is 15.3. The van der Waals surface area contributed by atoms with Crippen LogP contribution in [0.15, 0.2) is 36.5 Å². The van der Waals surface area contributed by atoms with Crippen LogP contribution in [0.25, 0.3) is 0 Å². The number of pyridine rings is 1. The summed E-state index contributed by atoms with van der Waals surface area (Å²) in [5.41, 5.74) is 0.567. The van der Waals surface area contributed by atoms with Gasteiger partial charge in [0.25, 0.3) is 5.91 Å². The van der Waals surface area contributed by atoms with Crippen LogP contribution in [0, 0.1) is 12.3 Å². The summed E-state index contributed by atoms with van der Waals surface area (Å²) in [6, 6.07) is 7.83. The predicted molar refractivity (Wildman–Crippen MR) is 109 cm³/mol. The summed E-state index contributed by atoms with van der Waals surface area (Å²) in [6.07, 6.45) is 8.34. The van der Waals surface area contributed by atoms with Crippen molar-refractivity contribution in [3.05, 3.63) is 58.4 Å². The second-order valence-electron chi connectivity index (χ2n) is 7.01. The quantitative estimate of drug-likeness (QED) is 0.712. The van der Waals surface area contributed by atoms with Gasteiger partial charge in [-0.25, -0.2) is 0 Å². The molecule has 0 unspecified atom stereocenters. The highest BCUT2D eigenvalue weighted by molar-refractivity contribution is 6.30. The Morgan fingerprint density at radius 2 is 2.00 bits per heavy atom. The fraction of sp³-hybridized carbons (Fsp3) is 0.318. The molecule has 1 aliphatic rings. The molecule has 150 valence electrons. The second-order valence-corrected chi connectivity index (χ2v) is 7.44. The summed E-state index contributed by atoms with van der Waals surface area (Å²) < 4.78 is 5.32. The Kier molecular flexibility index (Phi) is 6.53. The van der Waals surface area contributed by atoms with Crippen LogP contribution in [0.2, 0.25) is 5.02 Å². The average molecular weight is 413 g/mol. The number of nitrogens with zero attached hydrogens (tertiary/aromatic N) is 1. The molecule has 1 fully saturated rings. The number of hydrogen-bond acceptors (Lipinski definition) is 5. The van der Waals surface area contributed by atoms with E-state index in [0.717, 1.165) is 0 Å². The molecule has 0 spiro atoms. The fourth-order valence-corrected chi connectivity index (χ4v) is 3.41. The molecule has 1 aliphatic heterocycles. The Balaban J connectivity index is 1.67. The molecule has 29 heavy (non-hydrogen) atoms. The largest absolute Gasteiger partial charge is 0.508 e. The van der Waals surface area contributed by atoms with E-state index in [4.69, 9.17) is 22.8 Å². The van der Waals surface area contributed by atoms with Crippen LogP contribution in [0.4, 0.5) is 0 Å². The zero-order chi connectivity index (χ0) is 20.9. The number of phenolic OH excluding ortho intramolecular Hbond substituents is 1. The molecule has 2 aromatic rings. The summed E-state index contributed by atoms with van der Waals surface area (Å²) in [7, 11) is 0. The van der Waals surface area contributed by atoms with Crippen LogP contribution in [-0.2, 0) is 22.4 Å². The first-order valence-electron chi connectivity index (χ1n) is 9.23. The van der Waals surface area contributed by atoms with Gasteiger partial charge in [0, 0.05) is 55.7 Å². The Bertz CT molecular complexity index is 962. The molecule has 0 bridgehead atoms. The Morgan fingerprint density at radius 3 is 2.72 bits per heavy atom. The number of Topliss-reactive ketones (excluding diaryl/α,β-unsaturated/α-hetero) is 1. The molecule has 0 radical (unpaired) electrons. The third kappa shape index (κ3) is 5.35. The summed E-state index contributed by atoms with van der Waals surface area (Å²) in [4.78, 5) is 29.2. The number of terminal acetylenes is 1. The van der Waals surface area contributed by atoms with Crippen molar-refractivity contribution in [3.8, 4) is 18.1 Å². The van der Waals surface area contributed by atoms with Gasteiger partial charge in [0.05, 0.1) is 0 Å². The zero-order valence-electron chi connectivity index (χ0n) is 15.8. The highest BCUT2D eigenvalue weighted by Gasteiger charge is 2.32. The first-order valence-corrected chi connectivity index (χ1v) is 9.61. The van der Waals surface area contributed by atoms with E-state index < -0.39 is 5.54 Å². The van der Waals surface area contributed by atoms with Crippen molar-refractivity contribution < 1.29 is 19.4 Å². The van der Waals surface area contributed by atoms with Crippen LogP contribution < -0.4 is 5.32 Å². The van der Waals surface area contributed by atoms with Crippen molar-refractivity contribution in [2.45, 2.75) is 31.2 Å². The average Bonchev–Trinajstić information content (AvgIpc) is 2.71. The molecule has 2 N–H and O–H groups in total. The minimum Gasteiger partial charge on any atom is -0.508 e. The van der Waals surface area contributed by atoms with Crippen molar-refractivity contribution in [1.29, 1.82) is 0 Å². The third-order valence-corrected chi connectivity index (χ3v) is 5.10. The number of aromatic nitrogens is 1.